The van der Waals surface area contributed by atoms with E-state index in [0.29, 0.717) is 18.7 Å². The standard InChI is InChI=1S/C26H43N3O4/c1-5-7-9-11-13-19-27(3)25(30)21-24(22-15-17-23(18-16-22)29(32)33)26(31)28(4)20-14-12-10-8-6-2/h15-18,24H,5-14,19-21H2,1-4H3. The van der Waals surface area contributed by atoms with Gasteiger partial charge in [-0.1, -0.05) is 77.3 Å². The van der Waals surface area contributed by atoms with Gasteiger partial charge in [-0.25, -0.2) is 0 Å². The summed E-state index contributed by atoms with van der Waals surface area (Å²) in [6, 6.07) is 6.02. The number of hydrogen-bond acceptors (Lipinski definition) is 4. The number of unbranched alkanes of at least 4 members (excludes halogenated alkanes) is 8. The number of non-ortho nitro benzene ring substituents is 1. The van der Waals surface area contributed by atoms with Gasteiger partial charge in [-0.3, -0.25) is 19.7 Å². The van der Waals surface area contributed by atoms with Crippen LogP contribution in [0, 0.1) is 10.1 Å². The second-order valence-corrected chi connectivity index (χ2v) is 9.01. The van der Waals surface area contributed by atoms with E-state index in [1.807, 2.05) is 0 Å². The average Bonchev–Trinajstić information content (AvgIpc) is 2.81. The van der Waals surface area contributed by atoms with E-state index in [1.54, 1.807) is 36.0 Å². The second-order valence-electron chi connectivity index (χ2n) is 9.01. The van der Waals surface area contributed by atoms with Gasteiger partial charge in [-0.15, -0.1) is 0 Å². The second kappa shape index (κ2) is 16.2. The summed E-state index contributed by atoms with van der Waals surface area (Å²) in [6.45, 7) is 5.67. The Bertz CT molecular complexity index is 721. The molecule has 1 aromatic carbocycles. The smallest absolute Gasteiger partial charge is 0.269 e. The third kappa shape index (κ3) is 10.8. The molecule has 33 heavy (non-hydrogen) atoms. The fraction of sp³-hybridized carbons (Fsp3) is 0.692. The maximum absolute atomic E-state index is 13.3. The number of nitro benzene ring substituents is 1. The van der Waals surface area contributed by atoms with Crippen LogP contribution in [0.5, 0.6) is 0 Å². The third-order valence-electron chi connectivity index (χ3n) is 6.18. The zero-order valence-corrected chi connectivity index (χ0v) is 21.1. The molecule has 1 atom stereocenters. The molecule has 0 fully saturated rings. The molecule has 0 aliphatic heterocycles. The Hall–Kier alpha value is -2.44. The monoisotopic (exact) mass is 461 g/mol. The molecule has 7 heteroatoms. The summed E-state index contributed by atoms with van der Waals surface area (Å²) < 4.78 is 0. The van der Waals surface area contributed by atoms with Gasteiger partial charge in [0.2, 0.25) is 11.8 Å². The van der Waals surface area contributed by atoms with Crippen molar-refractivity contribution in [1.29, 1.82) is 0 Å². The molecule has 0 spiro atoms. The first-order valence-electron chi connectivity index (χ1n) is 12.5. The number of nitro groups is 1. The highest BCUT2D eigenvalue weighted by molar-refractivity contribution is 5.89. The van der Waals surface area contributed by atoms with Crippen LogP contribution in [0.25, 0.3) is 0 Å². The number of hydrogen-bond donors (Lipinski definition) is 0. The summed E-state index contributed by atoms with van der Waals surface area (Å²) >= 11 is 0. The minimum Gasteiger partial charge on any atom is -0.346 e. The molecule has 0 bridgehead atoms. The quantitative estimate of drug-likeness (QED) is 0.164. The number of rotatable bonds is 17. The minimum absolute atomic E-state index is 0.0234. The van der Waals surface area contributed by atoms with Crippen LogP contribution >= 0.6 is 0 Å². The number of nitrogens with zero attached hydrogens (tertiary/aromatic N) is 3. The Morgan fingerprint density at radius 1 is 0.818 bits per heavy atom. The van der Waals surface area contributed by atoms with Crippen LogP contribution in [0.15, 0.2) is 24.3 Å². The zero-order valence-electron chi connectivity index (χ0n) is 21.1. The summed E-state index contributed by atoms with van der Waals surface area (Å²) in [7, 11) is 3.57. The number of benzene rings is 1. The summed E-state index contributed by atoms with van der Waals surface area (Å²) in [5.74, 6) is -0.816. The summed E-state index contributed by atoms with van der Waals surface area (Å²) in [6.07, 6.45) is 11.2. The average molecular weight is 462 g/mol. The van der Waals surface area contributed by atoms with E-state index in [9.17, 15) is 19.7 Å². The normalized spacial score (nSPS) is 11.8. The first-order chi connectivity index (χ1) is 15.8. The van der Waals surface area contributed by atoms with Crippen molar-refractivity contribution in [3.8, 4) is 0 Å². The predicted octanol–water partition coefficient (Wildman–Crippen LogP) is 5.93. The summed E-state index contributed by atoms with van der Waals surface area (Å²) in [4.78, 5) is 40.2. The van der Waals surface area contributed by atoms with Crippen LogP contribution in [0.2, 0.25) is 0 Å². The van der Waals surface area contributed by atoms with E-state index < -0.39 is 10.8 Å². The number of amides is 2. The molecule has 7 nitrogen and oxygen atoms in total. The lowest BCUT2D eigenvalue weighted by molar-refractivity contribution is -0.384. The molecule has 0 aliphatic rings. The van der Waals surface area contributed by atoms with Crippen LogP contribution in [0.4, 0.5) is 5.69 Å². The van der Waals surface area contributed by atoms with Gasteiger partial charge in [-0.05, 0) is 18.4 Å². The van der Waals surface area contributed by atoms with Crippen molar-refractivity contribution >= 4 is 17.5 Å². The van der Waals surface area contributed by atoms with Crippen LogP contribution in [-0.2, 0) is 9.59 Å². The first kappa shape index (κ1) is 28.6. The molecule has 1 rings (SSSR count). The molecular formula is C26H43N3O4. The third-order valence-corrected chi connectivity index (χ3v) is 6.18. The van der Waals surface area contributed by atoms with E-state index in [4.69, 9.17) is 0 Å². The van der Waals surface area contributed by atoms with Crippen molar-refractivity contribution in [3.63, 3.8) is 0 Å². The van der Waals surface area contributed by atoms with Gasteiger partial charge < -0.3 is 9.80 Å². The fourth-order valence-corrected chi connectivity index (χ4v) is 3.91. The van der Waals surface area contributed by atoms with Gasteiger partial charge >= 0.3 is 0 Å². The van der Waals surface area contributed by atoms with Crippen molar-refractivity contribution in [2.75, 3.05) is 27.2 Å². The van der Waals surface area contributed by atoms with Gasteiger partial charge in [0.05, 0.1) is 10.8 Å². The van der Waals surface area contributed by atoms with E-state index in [2.05, 4.69) is 13.8 Å². The molecule has 0 aliphatic carbocycles. The number of carbonyl (C=O) groups is 2. The molecular weight excluding hydrogens is 418 g/mol. The Kier molecular flexibility index (Phi) is 14.1. The Balaban J connectivity index is 2.83. The predicted molar refractivity (Wildman–Crippen MR) is 133 cm³/mol. The Morgan fingerprint density at radius 2 is 1.30 bits per heavy atom. The summed E-state index contributed by atoms with van der Waals surface area (Å²) in [5, 5.41) is 11.0. The van der Waals surface area contributed by atoms with Crippen molar-refractivity contribution in [2.45, 2.75) is 90.4 Å². The molecule has 0 N–H and O–H groups in total. The van der Waals surface area contributed by atoms with E-state index in [-0.39, 0.29) is 23.9 Å². The summed E-state index contributed by atoms with van der Waals surface area (Å²) in [5.41, 5.74) is 0.623. The largest absolute Gasteiger partial charge is 0.346 e. The lowest BCUT2D eigenvalue weighted by atomic mass is 9.93. The van der Waals surface area contributed by atoms with Gasteiger partial charge in [0.1, 0.15) is 0 Å². The van der Waals surface area contributed by atoms with Crippen molar-refractivity contribution in [3.05, 3.63) is 39.9 Å². The molecule has 0 saturated heterocycles. The molecule has 186 valence electrons. The zero-order chi connectivity index (χ0) is 24.6. The molecule has 0 heterocycles. The van der Waals surface area contributed by atoms with Gasteiger partial charge in [0.25, 0.3) is 5.69 Å². The molecule has 0 saturated carbocycles. The van der Waals surface area contributed by atoms with Crippen molar-refractivity contribution < 1.29 is 14.5 Å². The van der Waals surface area contributed by atoms with Gasteiger partial charge in [0, 0.05) is 45.7 Å². The van der Waals surface area contributed by atoms with Crippen LogP contribution in [0.1, 0.15) is 96.0 Å². The molecule has 0 radical (unpaired) electrons. The maximum Gasteiger partial charge on any atom is 0.269 e. The topological polar surface area (TPSA) is 83.8 Å². The van der Waals surface area contributed by atoms with Crippen molar-refractivity contribution in [1.82, 2.24) is 9.80 Å². The molecule has 1 aromatic rings. The Labute approximate surface area is 199 Å². The highest BCUT2D eigenvalue weighted by Gasteiger charge is 2.28. The minimum atomic E-state index is -0.638. The van der Waals surface area contributed by atoms with Crippen LogP contribution < -0.4 is 0 Å². The maximum atomic E-state index is 13.3. The molecule has 0 aromatic heterocycles. The lowest BCUT2D eigenvalue weighted by Gasteiger charge is -2.26. The van der Waals surface area contributed by atoms with Crippen LogP contribution in [-0.4, -0.2) is 53.7 Å². The fourth-order valence-electron chi connectivity index (χ4n) is 3.91. The SMILES string of the molecule is CCCCCCCN(C)C(=O)CC(C(=O)N(C)CCCCCCC)c1ccc([N+](=O)[O-])cc1. The van der Waals surface area contributed by atoms with E-state index in [1.165, 1.54) is 44.2 Å². The van der Waals surface area contributed by atoms with Gasteiger partial charge in [0.15, 0.2) is 0 Å². The van der Waals surface area contributed by atoms with Crippen LogP contribution in [0.3, 0.4) is 0 Å². The highest BCUT2D eigenvalue weighted by Crippen LogP contribution is 2.25. The lowest BCUT2D eigenvalue weighted by Crippen LogP contribution is -2.36. The van der Waals surface area contributed by atoms with E-state index in [0.717, 1.165) is 32.1 Å². The number of likely N-dealkylation sites (N-methyl/N-ethyl adjacent to an activating group) is 1. The van der Waals surface area contributed by atoms with E-state index >= 15 is 0 Å². The Morgan fingerprint density at radius 3 is 1.79 bits per heavy atom. The molecule has 2 amide bonds. The van der Waals surface area contributed by atoms with Gasteiger partial charge in [-0.2, -0.15) is 0 Å². The molecule has 1 unspecified atom stereocenters. The number of carbonyl (C=O) groups excluding carboxylic acids is 2. The van der Waals surface area contributed by atoms with Crippen molar-refractivity contribution in [2.24, 2.45) is 0 Å². The highest BCUT2D eigenvalue weighted by atomic mass is 16.6. The first-order valence-corrected chi connectivity index (χ1v) is 12.5.